The highest BCUT2D eigenvalue weighted by molar-refractivity contribution is 7.11. The molecule has 1 aromatic rings. The van der Waals surface area contributed by atoms with Gasteiger partial charge in [0.1, 0.15) is 5.01 Å². The summed E-state index contributed by atoms with van der Waals surface area (Å²) in [6.45, 7) is 6.98. The Balaban J connectivity index is 2.97. The van der Waals surface area contributed by atoms with E-state index in [0.29, 0.717) is 12.5 Å². The highest BCUT2D eigenvalue weighted by atomic mass is 32.1. The average molecular weight is 170 g/mol. The second-order valence-electron chi connectivity index (χ2n) is 2.91. The number of aromatic nitrogens is 1. The van der Waals surface area contributed by atoms with E-state index in [1.807, 2.05) is 0 Å². The maximum Gasteiger partial charge on any atom is 0.107 e. The molecule has 0 saturated carbocycles. The van der Waals surface area contributed by atoms with Crippen molar-refractivity contribution in [3.05, 3.63) is 15.6 Å². The molecule has 62 valence electrons. The average Bonchev–Trinajstić information content (AvgIpc) is 2.30. The number of hydrogen-bond donors (Lipinski definition) is 1. The third kappa shape index (κ3) is 1.79. The number of nitrogens with zero attached hydrogens (tertiary/aromatic N) is 1. The van der Waals surface area contributed by atoms with Crippen LogP contribution in [0.4, 0.5) is 0 Å². The second kappa shape index (κ2) is 3.32. The third-order valence-electron chi connectivity index (χ3n) is 1.60. The molecule has 0 unspecified atom stereocenters. The third-order valence-corrected chi connectivity index (χ3v) is 2.61. The lowest BCUT2D eigenvalue weighted by Crippen LogP contribution is -1.96. The van der Waals surface area contributed by atoms with Gasteiger partial charge in [-0.3, -0.25) is 0 Å². The van der Waals surface area contributed by atoms with Crippen LogP contribution in [0.25, 0.3) is 0 Å². The largest absolute Gasteiger partial charge is 0.325 e. The Morgan fingerprint density at radius 3 is 2.45 bits per heavy atom. The molecule has 0 fully saturated rings. The Labute approximate surface area is 71.5 Å². The zero-order valence-corrected chi connectivity index (χ0v) is 8.03. The number of hydrogen-bond acceptors (Lipinski definition) is 3. The topological polar surface area (TPSA) is 38.9 Å². The van der Waals surface area contributed by atoms with Crippen molar-refractivity contribution in [2.24, 2.45) is 5.73 Å². The van der Waals surface area contributed by atoms with Crippen LogP contribution in [0.3, 0.4) is 0 Å². The minimum absolute atomic E-state index is 0.520. The Hall–Kier alpha value is -0.410. The highest BCUT2D eigenvalue weighted by Gasteiger charge is 2.08. The van der Waals surface area contributed by atoms with E-state index < -0.39 is 0 Å². The first-order chi connectivity index (χ1) is 5.15. The van der Waals surface area contributed by atoms with Crippen molar-refractivity contribution in [3.63, 3.8) is 0 Å². The standard InChI is InChI=1S/C8H14N2S/c1-5(2)8-6(3)11-7(4-9)10-8/h5H,4,9H2,1-3H3. The van der Waals surface area contributed by atoms with Crippen molar-refractivity contribution in [1.82, 2.24) is 4.98 Å². The molecular formula is C8H14N2S. The molecule has 0 aliphatic heterocycles. The summed E-state index contributed by atoms with van der Waals surface area (Å²) in [5.41, 5.74) is 6.68. The summed E-state index contributed by atoms with van der Waals surface area (Å²) < 4.78 is 0. The second-order valence-corrected chi connectivity index (χ2v) is 4.20. The number of aryl methyl sites for hydroxylation is 1. The molecule has 0 atom stereocenters. The molecular weight excluding hydrogens is 156 g/mol. The molecule has 0 aliphatic carbocycles. The summed E-state index contributed by atoms with van der Waals surface area (Å²) in [6, 6.07) is 0. The van der Waals surface area contributed by atoms with E-state index in [4.69, 9.17) is 5.73 Å². The normalized spacial score (nSPS) is 11.0. The molecule has 11 heavy (non-hydrogen) atoms. The summed E-state index contributed by atoms with van der Waals surface area (Å²) in [4.78, 5) is 5.73. The minimum Gasteiger partial charge on any atom is -0.325 e. The van der Waals surface area contributed by atoms with Crippen LogP contribution >= 0.6 is 11.3 Å². The Morgan fingerprint density at radius 1 is 1.55 bits per heavy atom. The van der Waals surface area contributed by atoms with Crippen molar-refractivity contribution < 1.29 is 0 Å². The van der Waals surface area contributed by atoms with Gasteiger partial charge >= 0.3 is 0 Å². The van der Waals surface area contributed by atoms with Crippen molar-refractivity contribution in [2.75, 3.05) is 0 Å². The predicted molar refractivity (Wildman–Crippen MR) is 48.8 cm³/mol. The molecule has 0 bridgehead atoms. The molecule has 3 heteroatoms. The first kappa shape index (κ1) is 8.68. The molecule has 0 spiro atoms. The maximum atomic E-state index is 5.48. The summed E-state index contributed by atoms with van der Waals surface area (Å²) in [5.74, 6) is 0.520. The van der Waals surface area contributed by atoms with Crippen molar-refractivity contribution in [3.8, 4) is 0 Å². The Kier molecular flexibility index (Phi) is 2.62. The van der Waals surface area contributed by atoms with Gasteiger partial charge in [-0.1, -0.05) is 13.8 Å². The monoisotopic (exact) mass is 170 g/mol. The minimum atomic E-state index is 0.520. The summed E-state index contributed by atoms with van der Waals surface area (Å²) in [5, 5.41) is 1.05. The van der Waals surface area contributed by atoms with Crippen LogP contribution in [0.2, 0.25) is 0 Å². The summed E-state index contributed by atoms with van der Waals surface area (Å²) >= 11 is 1.71. The van der Waals surface area contributed by atoms with E-state index >= 15 is 0 Å². The number of thiazole rings is 1. The van der Waals surface area contributed by atoms with Gasteiger partial charge in [-0.25, -0.2) is 4.98 Å². The van der Waals surface area contributed by atoms with Crippen molar-refractivity contribution in [1.29, 1.82) is 0 Å². The predicted octanol–water partition coefficient (Wildman–Crippen LogP) is 2.03. The molecule has 0 aromatic carbocycles. The molecule has 1 rings (SSSR count). The van der Waals surface area contributed by atoms with Crippen molar-refractivity contribution in [2.45, 2.75) is 33.2 Å². The lowest BCUT2D eigenvalue weighted by molar-refractivity contribution is 0.814. The van der Waals surface area contributed by atoms with Gasteiger partial charge in [0.15, 0.2) is 0 Å². The molecule has 0 amide bonds. The molecule has 0 radical (unpaired) electrons. The smallest absolute Gasteiger partial charge is 0.107 e. The number of rotatable bonds is 2. The van der Waals surface area contributed by atoms with E-state index in [9.17, 15) is 0 Å². The SMILES string of the molecule is Cc1sc(CN)nc1C(C)C. The van der Waals surface area contributed by atoms with Crippen LogP contribution in [-0.4, -0.2) is 4.98 Å². The van der Waals surface area contributed by atoms with Gasteiger partial charge in [-0.15, -0.1) is 11.3 Å². The van der Waals surface area contributed by atoms with Crippen LogP contribution < -0.4 is 5.73 Å². The molecule has 0 aliphatic rings. The van der Waals surface area contributed by atoms with E-state index in [1.165, 1.54) is 10.6 Å². The van der Waals surface area contributed by atoms with E-state index in [2.05, 4.69) is 25.8 Å². The van der Waals surface area contributed by atoms with Gasteiger partial charge in [0.05, 0.1) is 5.69 Å². The molecule has 2 N–H and O–H groups in total. The highest BCUT2D eigenvalue weighted by Crippen LogP contribution is 2.23. The van der Waals surface area contributed by atoms with Crippen LogP contribution in [0, 0.1) is 6.92 Å². The lowest BCUT2D eigenvalue weighted by Gasteiger charge is -1.99. The van der Waals surface area contributed by atoms with E-state index in [1.54, 1.807) is 11.3 Å². The quantitative estimate of drug-likeness (QED) is 0.737. The number of nitrogens with two attached hydrogens (primary N) is 1. The lowest BCUT2D eigenvalue weighted by atomic mass is 10.1. The Morgan fingerprint density at radius 2 is 2.18 bits per heavy atom. The van der Waals surface area contributed by atoms with Gasteiger partial charge in [0, 0.05) is 11.4 Å². The van der Waals surface area contributed by atoms with Crippen molar-refractivity contribution >= 4 is 11.3 Å². The van der Waals surface area contributed by atoms with Gasteiger partial charge < -0.3 is 5.73 Å². The summed E-state index contributed by atoms with van der Waals surface area (Å²) in [6.07, 6.45) is 0. The fourth-order valence-electron chi connectivity index (χ4n) is 1.09. The van der Waals surface area contributed by atoms with Gasteiger partial charge in [0.2, 0.25) is 0 Å². The van der Waals surface area contributed by atoms with Gasteiger partial charge in [-0.2, -0.15) is 0 Å². The fraction of sp³-hybridized carbons (Fsp3) is 0.625. The zero-order chi connectivity index (χ0) is 8.43. The first-order valence-corrected chi connectivity index (χ1v) is 4.63. The van der Waals surface area contributed by atoms with Crippen LogP contribution in [0.5, 0.6) is 0 Å². The maximum absolute atomic E-state index is 5.48. The zero-order valence-electron chi connectivity index (χ0n) is 7.22. The van der Waals surface area contributed by atoms with Crippen LogP contribution in [0.1, 0.15) is 35.3 Å². The molecule has 1 aromatic heterocycles. The molecule has 2 nitrogen and oxygen atoms in total. The van der Waals surface area contributed by atoms with Crippen LogP contribution in [0.15, 0.2) is 0 Å². The molecule has 0 saturated heterocycles. The van der Waals surface area contributed by atoms with Gasteiger partial charge in [0.25, 0.3) is 0 Å². The molecule has 1 heterocycles. The van der Waals surface area contributed by atoms with Crippen LogP contribution in [-0.2, 0) is 6.54 Å². The van der Waals surface area contributed by atoms with E-state index in [0.717, 1.165) is 5.01 Å². The Bertz CT molecular complexity index is 240. The fourth-order valence-corrected chi connectivity index (χ4v) is 2.05. The van der Waals surface area contributed by atoms with E-state index in [-0.39, 0.29) is 0 Å². The van der Waals surface area contributed by atoms with Gasteiger partial charge in [-0.05, 0) is 12.8 Å². The first-order valence-electron chi connectivity index (χ1n) is 3.81. The summed E-state index contributed by atoms with van der Waals surface area (Å²) in [7, 11) is 0.